The maximum absolute atomic E-state index is 13.3. The largest absolute Gasteiger partial charge is 0.396 e. The molecule has 160 valence electrons. The van der Waals surface area contributed by atoms with Gasteiger partial charge in [-0.05, 0) is 18.6 Å². The van der Waals surface area contributed by atoms with Gasteiger partial charge in [-0.2, -0.15) is 4.31 Å². The zero-order valence-corrected chi connectivity index (χ0v) is 17.6. The van der Waals surface area contributed by atoms with Crippen LogP contribution < -0.4 is 10.9 Å². The Morgan fingerprint density at radius 2 is 1.90 bits per heavy atom. The summed E-state index contributed by atoms with van der Waals surface area (Å²) in [5, 5.41) is 13.0. The lowest BCUT2D eigenvalue weighted by molar-refractivity contribution is -0.126. The molecule has 0 saturated carbocycles. The number of benzene rings is 1. The van der Waals surface area contributed by atoms with Gasteiger partial charge in [0.05, 0.1) is 18.3 Å². The number of amides is 1. The van der Waals surface area contributed by atoms with Crippen LogP contribution in [0.5, 0.6) is 0 Å². The minimum absolute atomic E-state index is 0.217. The van der Waals surface area contributed by atoms with E-state index in [1.165, 1.54) is 14.9 Å². The van der Waals surface area contributed by atoms with Gasteiger partial charge in [0, 0.05) is 36.7 Å². The summed E-state index contributed by atoms with van der Waals surface area (Å²) in [6, 6.07) is 12.1. The molecule has 2 aromatic rings. The van der Waals surface area contributed by atoms with Gasteiger partial charge in [0.25, 0.3) is 5.56 Å². The molecule has 1 aromatic heterocycles. The summed E-state index contributed by atoms with van der Waals surface area (Å²) < 4.78 is 28.3. The molecule has 2 aliphatic rings. The molecule has 1 fully saturated rings. The lowest BCUT2D eigenvalue weighted by Crippen LogP contribution is -2.50. The van der Waals surface area contributed by atoms with Crippen LogP contribution in [0.4, 0.5) is 0 Å². The van der Waals surface area contributed by atoms with Crippen LogP contribution in [0.25, 0.3) is 0 Å². The van der Waals surface area contributed by atoms with Gasteiger partial charge in [-0.3, -0.25) is 9.59 Å². The van der Waals surface area contributed by atoms with E-state index in [2.05, 4.69) is 5.32 Å². The first-order valence-corrected chi connectivity index (χ1v) is 11.7. The molecule has 8 nitrogen and oxygen atoms in total. The summed E-state index contributed by atoms with van der Waals surface area (Å²) in [7, 11) is -3.80. The number of aliphatic hydroxyl groups is 1. The molecule has 1 aromatic carbocycles. The Hall–Kier alpha value is -2.49. The van der Waals surface area contributed by atoms with E-state index < -0.39 is 33.9 Å². The van der Waals surface area contributed by atoms with Crippen molar-refractivity contribution in [1.29, 1.82) is 0 Å². The van der Waals surface area contributed by atoms with Crippen LogP contribution in [-0.4, -0.2) is 47.2 Å². The monoisotopic (exact) mass is 431 g/mol. The molecule has 4 rings (SSSR count). The van der Waals surface area contributed by atoms with Gasteiger partial charge >= 0.3 is 0 Å². The highest BCUT2D eigenvalue weighted by atomic mass is 32.2. The Bertz CT molecular complexity index is 1110. The van der Waals surface area contributed by atoms with Crippen molar-refractivity contribution in [2.45, 2.75) is 31.6 Å². The second-order valence-electron chi connectivity index (χ2n) is 8.03. The van der Waals surface area contributed by atoms with E-state index >= 15 is 0 Å². The number of carbonyl (C=O) groups excluding carboxylic acids is 1. The average Bonchev–Trinajstić information content (AvgIpc) is 3.23. The van der Waals surface area contributed by atoms with E-state index in [-0.39, 0.29) is 30.7 Å². The molecular weight excluding hydrogens is 406 g/mol. The highest BCUT2D eigenvalue weighted by Crippen LogP contribution is 2.50. The first-order chi connectivity index (χ1) is 14.2. The third-order valence-electron chi connectivity index (χ3n) is 6.21. The highest BCUT2D eigenvalue weighted by molar-refractivity contribution is 7.88. The van der Waals surface area contributed by atoms with E-state index in [0.717, 1.165) is 11.8 Å². The molecule has 0 bridgehead atoms. The van der Waals surface area contributed by atoms with Gasteiger partial charge in [-0.25, -0.2) is 8.42 Å². The minimum atomic E-state index is -3.80. The maximum atomic E-state index is 13.3. The van der Waals surface area contributed by atoms with Crippen LogP contribution in [0.15, 0.2) is 53.3 Å². The number of rotatable bonds is 5. The van der Waals surface area contributed by atoms with E-state index in [1.54, 1.807) is 12.1 Å². The molecule has 0 radical (unpaired) electrons. The highest BCUT2D eigenvalue weighted by Gasteiger charge is 2.58. The Kier molecular flexibility index (Phi) is 5.29. The molecule has 30 heavy (non-hydrogen) atoms. The van der Waals surface area contributed by atoms with Gasteiger partial charge in [-0.15, -0.1) is 0 Å². The molecule has 0 aliphatic carbocycles. The minimum Gasteiger partial charge on any atom is -0.396 e. The van der Waals surface area contributed by atoms with E-state index in [1.807, 2.05) is 37.3 Å². The fraction of sp³-hybridized carbons (Fsp3) is 0.429. The van der Waals surface area contributed by atoms with Crippen molar-refractivity contribution in [3.05, 3.63) is 70.1 Å². The van der Waals surface area contributed by atoms with Gasteiger partial charge in [0.1, 0.15) is 6.04 Å². The fourth-order valence-electron chi connectivity index (χ4n) is 4.89. The molecule has 0 spiro atoms. The van der Waals surface area contributed by atoms with Crippen molar-refractivity contribution in [2.24, 2.45) is 11.8 Å². The van der Waals surface area contributed by atoms with Crippen LogP contribution in [0.3, 0.4) is 0 Å². The summed E-state index contributed by atoms with van der Waals surface area (Å²) in [5.74, 6) is -1.43. The standard InChI is InChI=1S/C21H25N3O5S/c1-13(14-7-4-3-5-8-14)22-21(27)20-16(12-25)15-11-23-17(9-6-10-18(23)26)19(15)24(20)30(2,28)29/h3-10,13,15-16,19-20,25H,11-12H2,1-2H3,(H,22,27)/t13-,15-,16-,19+,20-/m0/s1. The van der Waals surface area contributed by atoms with E-state index in [9.17, 15) is 23.1 Å². The van der Waals surface area contributed by atoms with Crippen molar-refractivity contribution in [2.75, 3.05) is 12.9 Å². The van der Waals surface area contributed by atoms with Crippen LogP contribution in [0, 0.1) is 11.8 Å². The molecule has 1 saturated heterocycles. The van der Waals surface area contributed by atoms with Crippen LogP contribution in [0.1, 0.15) is 30.3 Å². The van der Waals surface area contributed by atoms with E-state index in [0.29, 0.717) is 5.69 Å². The normalized spacial score (nSPS) is 26.8. The Morgan fingerprint density at radius 3 is 2.53 bits per heavy atom. The molecular formula is C21H25N3O5S. The van der Waals surface area contributed by atoms with Crippen molar-refractivity contribution in [1.82, 2.24) is 14.2 Å². The average molecular weight is 432 g/mol. The first-order valence-electron chi connectivity index (χ1n) is 9.88. The second kappa shape index (κ2) is 7.64. The molecule has 1 amide bonds. The zero-order valence-electron chi connectivity index (χ0n) is 16.8. The van der Waals surface area contributed by atoms with Crippen molar-refractivity contribution < 1.29 is 18.3 Å². The number of aromatic nitrogens is 1. The molecule has 3 heterocycles. The van der Waals surface area contributed by atoms with Gasteiger partial charge in [0.2, 0.25) is 15.9 Å². The summed E-state index contributed by atoms with van der Waals surface area (Å²) in [6.07, 6.45) is 1.06. The number of pyridine rings is 1. The third-order valence-corrected chi connectivity index (χ3v) is 7.43. The summed E-state index contributed by atoms with van der Waals surface area (Å²) >= 11 is 0. The van der Waals surface area contributed by atoms with Crippen LogP contribution >= 0.6 is 0 Å². The van der Waals surface area contributed by atoms with Gasteiger partial charge < -0.3 is 15.0 Å². The van der Waals surface area contributed by atoms with Crippen LogP contribution in [0.2, 0.25) is 0 Å². The second-order valence-corrected chi connectivity index (χ2v) is 9.92. The predicted octanol–water partition coefficient (Wildman–Crippen LogP) is 0.649. The number of nitrogens with zero attached hydrogens (tertiary/aromatic N) is 2. The Labute approximate surface area is 175 Å². The Balaban J connectivity index is 1.72. The van der Waals surface area contributed by atoms with Gasteiger partial charge in [0.15, 0.2) is 0 Å². The number of nitrogens with one attached hydrogen (secondary N) is 1. The lowest BCUT2D eigenvalue weighted by Gasteiger charge is -2.29. The first kappa shape index (κ1) is 20.8. The van der Waals surface area contributed by atoms with Crippen molar-refractivity contribution >= 4 is 15.9 Å². The van der Waals surface area contributed by atoms with Crippen molar-refractivity contribution in [3.8, 4) is 0 Å². The van der Waals surface area contributed by atoms with E-state index in [4.69, 9.17) is 0 Å². The topological polar surface area (TPSA) is 109 Å². The van der Waals surface area contributed by atoms with Crippen molar-refractivity contribution in [3.63, 3.8) is 0 Å². The number of hydrogen-bond donors (Lipinski definition) is 2. The number of fused-ring (bicyclic) bond motifs is 3. The predicted molar refractivity (Wildman–Crippen MR) is 111 cm³/mol. The molecule has 0 unspecified atom stereocenters. The summed E-state index contributed by atoms with van der Waals surface area (Å²) in [6.45, 7) is 1.75. The number of carbonyl (C=O) groups is 1. The number of hydrogen-bond acceptors (Lipinski definition) is 5. The quantitative estimate of drug-likeness (QED) is 0.723. The molecule has 5 atom stereocenters. The summed E-state index contributed by atoms with van der Waals surface area (Å²) in [4.78, 5) is 25.5. The van der Waals surface area contributed by atoms with Crippen LogP contribution in [-0.2, 0) is 21.4 Å². The lowest BCUT2D eigenvalue weighted by atomic mass is 9.88. The molecule has 9 heteroatoms. The smallest absolute Gasteiger partial charge is 0.250 e. The van der Waals surface area contributed by atoms with Gasteiger partial charge in [-0.1, -0.05) is 36.4 Å². The molecule has 2 aliphatic heterocycles. The fourth-order valence-corrected chi connectivity index (χ4v) is 6.23. The zero-order chi connectivity index (χ0) is 21.6. The Morgan fingerprint density at radius 1 is 1.20 bits per heavy atom. The number of aliphatic hydroxyl groups excluding tert-OH is 1. The SMILES string of the molecule is C[C@H](NC(=O)[C@@H]1[C@@H](CO)[C@@H]2Cn3c(cccc3=O)[C@@H]2N1S(C)(=O)=O)c1ccccc1. The maximum Gasteiger partial charge on any atom is 0.250 e. The third kappa shape index (κ3) is 3.36. The molecule has 2 N–H and O–H groups in total. The number of sulfonamides is 1. The summed E-state index contributed by atoms with van der Waals surface area (Å²) in [5.41, 5.74) is 1.24.